The Balaban J connectivity index is 1.47. The van der Waals surface area contributed by atoms with Crippen molar-refractivity contribution in [3.63, 3.8) is 0 Å². The molecule has 3 aromatic heterocycles. The number of pyridine rings is 3. The van der Waals surface area contributed by atoms with E-state index in [4.69, 9.17) is 5.73 Å². The van der Waals surface area contributed by atoms with Gasteiger partial charge in [0.15, 0.2) is 0 Å². The van der Waals surface area contributed by atoms with Crippen LogP contribution in [-0.2, 0) is 19.5 Å². The largest absolute Gasteiger partial charge is 0.348 e. The van der Waals surface area contributed by atoms with Crippen molar-refractivity contribution in [2.24, 2.45) is 5.73 Å². The number of amides is 1. The van der Waals surface area contributed by atoms with Crippen LogP contribution in [0.25, 0.3) is 10.9 Å². The normalized spacial score (nSPS) is 11.0. The van der Waals surface area contributed by atoms with Gasteiger partial charge in [-0.2, -0.15) is 0 Å². The second-order valence-corrected chi connectivity index (χ2v) is 8.13. The zero-order chi connectivity index (χ0) is 22.7. The van der Waals surface area contributed by atoms with E-state index in [9.17, 15) is 4.79 Å². The van der Waals surface area contributed by atoms with Crippen molar-refractivity contribution in [3.05, 3.63) is 99.8 Å². The minimum atomic E-state index is -0.131. The summed E-state index contributed by atoms with van der Waals surface area (Å²) in [5.41, 5.74) is 14.2. The summed E-state index contributed by atoms with van der Waals surface area (Å²) >= 11 is 0. The fraction of sp³-hybridized carbons (Fsp3) is 0.231. The molecule has 0 fully saturated rings. The summed E-state index contributed by atoms with van der Waals surface area (Å²) in [5, 5.41) is 4.12. The molecule has 4 aromatic rings. The van der Waals surface area contributed by atoms with Gasteiger partial charge in [-0.3, -0.25) is 19.7 Å². The van der Waals surface area contributed by atoms with E-state index in [1.807, 2.05) is 45.2 Å². The number of nitrogens with two attached hydrogens (primary N) is 1. The van der Waals surface area contributed by atoms with E-state index in [1.165, 1.54) is 0 Å². The zero-order valence-electron chi connectivity index (χ0n) is 18.6. The molecule has 32 heavy (non-hydrogen) atoms. The number of aryl methyl sites for hydroxylation is 3. The van der Waals surface area contributed by atoms with Crippen LogP contribution >= 0.6 is 0 Å². The molecule has 0 unspecified atom stereocenters. The van der Waals surface area contributed by atoms with Crippen LogP contribution in [0.2, 0.25) is 0 Å². The minimum Gasteiger partial charge on any atom is -0.348 e. The minimum absolute atomic E-state index is 0.131. The van der Waals surface area contributed by atoms with Crippen molar-refractivity contribution >= 4 is 16.8 Å². The first kappa shape index (κ1) is 21.6. The van der Waals surface area contributed by atoms with E-state index in [-0.39, 0.29) is 5.91 Å². The first-order chi connectivity index (χ1) is 15.4. The number of aromatic nitrogens is 3. The second kappa shape index (κ2) is 9.24. The molecule has 3 N–H and O–H groups in total. The van der Waals surface area contributed by atoms with Gasteiger partial charge in [-0.15, -0.1) is 0 Å². The number of carbonyl (C=O) groups excluding carboxylic acids is 1. The molecular weight excluding hydrogens is 398 g/mol. The maximum Gasteiger partial charge on any atom is 0.251 e. The van der Waals surface area contributed by atoms with Crippen LogP contribution in [0, 0.1) is 20.8 Å². The molecule has 4 rings (SSSR count). The summed E-state index contributed by atoms with van der Waals surface area (Å²) in [4.78, 5) is 26.2. The number of nitrogens with one attached hydrogen (secondary N) is 1. The van der Waals surface area contributed by atoms with Gasteiger partial charge in [0.2, 0.25) is 0 Å². The third-order valence-corrected chi connectivity index (χ3v) is 5.59. The maximum absolute atomic E-state index is 12.8. The van der Waals surface area contributed by atoms with Crippen LogP contribution in [0.3, 0.4) is 0 Å². The molecule has 0 aliphatic rings. The standard InChI is InChI=1S/C26H27N5O/c1-16-8-21-10-19(4-5-25(21)29-14-16)11-22-12-20(6-7-28-22)26(32)30-15-24-17(2)9-23(13-27)31-18(24)3/h4-10,12,14H,11,13,15,27H2,1-3H3,(H,30,32). The van der Waals surface area contributed by atoms with E-state index in [0.29, 0.717) is 25.1 Å². The summed E-state index contributed by atoms with van der Waals surface area (Å²) in [7, 11) is 0. The first-order valence-corrected chi connectivity index (χ1v) is 10.7. The Morgan fingerprint density at radius 1 is 1.00 bits per heavy atom. The highest BCUT2D eigenvalue weighted by molar-refractivity contribution is 5.94. The van der Waals surface area contributed by atoms with Crippen LogP contribution in [0.4, 0.5) is 0 Å². The number of fused-ring (bicyclic) bond motifs is 1. The van der Waals surface area contributed by atoms with Crippen LogP contribution in [0.15, 0.2) is 54.9 Å². The first-order valence-electron chi connectivity index (χ1n) is 10.7. The number of benzene rings is 1. The Bertz CT molecular complexity index is 1280. The number of hydrogen-bond acceptors (Lipinski definition) is 5. The molecule has 0 bridgehead atoms. The van der Waals surface area contributed by atoms with Gasteiger partial charge in [0, 0.05) is 54.2 Å². The molecule has 0 aliphatic heterocycles. The van der Waals surface area contributed by atoms with Crippen molar-refractivity contribution in [1.82, 2.24) is 20.3 Å². The monoisotopic (exact) mass is 425 g/mol. The predicted molar refractivity (Wildman–Crippen MR) is 126 cm³/mol. The third kappa shape index (κ3) is 4.81. The molecule has 162 valence electrons. The van der Waals surface area contributed by atoms with E-state index in [0.717, 1.165) is 50.2 Å². The van der Waals surface area contributed by atoms with Gasteiger partial charge in [-0.1, -0.05) is 6.07 Å². The van der Waals surface area contributed by atoms with Crippen LogP contribution in [0.1, 0.15) is 49.7 Å². The summed E-state index contributed by atoms with van der Waals surface area (Å²) < 4.78 is 0. The SMILES string of the molecule is Cc1cnc2ccc(Cc3cc(C(=O)NCc4c(C)cc(CN)nc4C)ccn3)cc2c1. The lowest BCUT2D eigenvalue weighted by Crippen LogP contribution is -2.24. The molecule has 0 radical (unpaired) electrons. The number of rotatable bonds is 6. The number of hydrogen-bond donors (Lipinski definition) is 2. The van der Waals surface area contributed by atoms with Crippen LogP contribution < -0.4 is 11.1 Å². The van der Waals surface area contributed by atoms with Gasteiger partial charge in [-0.05, 0) is 79.4 Å². The fourth-order valence-corrected chi connectivity index (χ4v) is 3.91. The Morgan fingerprint density at radius 2 is 1.84 bits per heavy atom. The quantitative estimate of drug-likeness (QED) is 0.488. The topological polar surface area (TPSA) is 93.8 Å². The lowest BCUT2D eigenvalue weighted by atomic mass is 10.0. The molecule has 1 aromatic carbocycles. The average molecular weight is 426 g/mol. The highest BCUT2D eigenvalue weighted by Crippen LogP contribution is 2.18. The molecule has 0 spiro atoms. The second-order valence-electron chi connectivity index (χ2n) is 8.13. The summed E-state index contributed by atoms with van der Waals surface area (Å²) in [6.07, 6.45) is 4.20. The fourth-order valence-electron chi connectivity index (χ4n) is 3.91. The van der Waals surface area contributed by atoms with Crippen molar-refractivity contribution in [1.29, 1.82) is 0 Å². The van der Waals surface area contributed by atoms with Crippen molar-refractivity contribution in [3.8, 4) is 0 Å². The Morgan fingerprint density at radius 3 is 2.62 bits per heavy atom. The summed E-state index contributed by atoms with van der Waals surface area (Å²) in [5.74, 6) is -0.131. The van der Waals surface area contributed by atoms with E-state index >= 15 is 0 Å². The molecule has 0 saturated carbocycles. The highest BCUT2D eigenvalue weighted by Gasteiger charge is 2.11. The number of carbonyl (C=O) groups is 1. The van der Waals surface area contributed by atoms with Crippen molar-refractivity contribution in [2.75, 3.05) is 0 Å². The van der Waals surface area contributed by atoms with Crippen molar-refractivity contribution in [2.45, 2.75) is 40.3 Å². The van der Waals surface area contributed by atoms with Gasteiger partial charge < -0.3 is 11.1 Å². The lowest BCUT2D eigenvalue weighted by molar-refractivity contribution is 0.0950. The Hall–Kier alpha value is -3.64. The highest BCUT2D eigenvalue weighted by atomic mass is 16.1. The lowest BCUT2D eigenvalue weighted by Gasteiger charge is -2.12. The molecular formula is C26H27N5O. The van der Waals surface area contributed by atoms with E-state index in [2.05, 4.69) is 38.5 Å². The summed E-state index contributed by atoms with van der Waals surface area (Å²) in [6.45, 7) is 6.82. The maximum atomic E-state index is 12.8. The predicted octanol–water partition coefficient (Wildman–Crippen LogP) is 3.93. The Kier molecular flexibility index (Phi) is 6.23. The number of nitrogens with zero attached hydrogens (tertiary/aromatic N) is 3. The smallest absolute Gasteiger partial charge is 0.251 e. The molecule has 0 aliphatic carbocycles. The zero-order valence-corrected chi connectivity index (χ0v) is 18.6. The molecule has 6 heteroatoms. The van der Waals surface area contributed by atoms with E-state index < -0.39 is 0 Å². The molecule has 0 atom stereocenters. The Labute approximate surface area is 187 Å². The molecule has 6 nitrogen and oxygen atoms in total. The molecule has 1 amide bonds. The van der Waals surface area contributed by atoms with Crippen LogP contribution in [-0.4, -0.2) is 20.9 Å². The third-order valence-electron chi connectivity index (χ3n) is 5.59. The van der Waals surface area contributed by atoms with Crippen LogP contribution in [0.5, 0.6) is 0 Å². The average Bonchev–Trinajstić information content (AvgIpc) is 2.78. The van der Waals surface area contributed by atoms with Crippen molar-refractivity contribution < 1.29 is 4.79 Å². The van der Waals surface area contributed by atoms with E-state index in [1.54, 1.807) is 12.3 Å². The van der Waals surface area contributed by atoms with Gasteiger partial charge in [-0.25, -0.2) is 0 Å². The van der Waals surface area contributed by atoms with Gasteiger partial charge in [0.05, 0.1) is 11.2 Å². The van der Waals surface area contributed by atoms with Gasteiger partial charge in [0.1, 0.15) is 0 Å². The molecule has 0 saturated heterocycles. The van der Waals surface area contributed by atoms with Gasteiger partial charge in [0.25, 0.3) is 5.91 Å². The molecule has 3 heterocycles. The summed E-state index contributed by atoms with van der Waals surface area (Å²) in [6, 6.07) is 13.9. The van der Waals surface area contributed by atoms with Gasteiger partial charge >= 0.3 is 0 Å².